The first-order chi connectivity index (χ1) is 14.1. The van der Waals surface area contributed by atoms with E-state index in [1.165, 1.54) is 13.0 Å². The number of aromatic nitrogens is 2. The number of hydrogen-bond donors (Lipinski definition) is 3. The monoisotopic (exact) mass is 422 g/mol. The number of alkyl halides is 3. The van der Waals surface area contributed by atoms with Gasteiger partial charge in [0.05, 0.1) is 5.56 Å². The summed E-state index contributed by atoms with van der Waals surface area (Å²) < 4.78 is 39.3. The number of nitrogens with one attached hydrogen (secondary N) is 2. The van der Waals surface area contributed by atoms with Crippen molar-refractivity contribution in [3.8, 4) is 0 Å². The summed E-state index contributed by atoms with van der Waals surface area (Å²) in [5.74, 6) is 0.794. The molecule has 2 heterocycles. The number of nitrogen functional groups attached to an aromatic ring is 1. The van der Waals surface area contributed by atoms with Crippen LogP contribution in [0.3, 0.4) is 0 Å². The van der Waals surface area contributed by atoms with Crippen molar-refractivity contribution in [2.45, 2.75) is 45.3 Å². The minimum atomic E-state index is -4.50. The smallest absolute Gasteiger partial charge is 0.399 e. The molecular weight excluding hydrogens is 397 g/mol. The summed E-state index contributed by atoms with van der Waals surface area (Å²) in [5, 5.41) is 5.77. The molecular formula is C20H25F3N6O. The van der Waals surface area contributed by atoms with Crippen LogP contribution in [0, 0.1) is 0 Å². The van der Waals surface area contributed by atoms with Crippen molar-refractivity contribution in [2.24, 2.45) is 0 Å². The SMILES string of the molecule is CCCc1cc(N2CCC(NC(C)=O)C2)nc(Nc2cc(N)cc(C(F)(F)F)c2)n1. The van der Waals surface area contributed by atoms with E-state index in [0.717, 1.165) is 30.7 Å². The number of carbonyl (C=O) groups excluding carboxylic acids is 1. The van der Waals surface area contributed by atoms with Crippen LogP contribution >= 0.6 is 0 Å². The topological polar surface area (TPSA) is 96.2 Å². The molecule has 1 unspecified atom stereocenters. The van der Waals surface area contributed by atoms with E-state index < -0.39 is 11.7 Å². The lowest BCUT2D eigenvalue weighted by atomic mass is 10.1. The third kappa shape index (κ3) is 5.52. The quantitative estimate of drug-likeness (QED) is 0.617. The van der Waals surface area contributed by atoms with Gasteiger partial charge >= 0.3 is 6.18 Å². The van der Waals surface area contributed by atoms with Gasteiger partial charge in [0, 0.05) is 49.2 Å². The summed E-state index contributed by atoms with van der Waals surface area (Å²) in [6.45, 7) is 4.82. The van der Waals surface area contributed by atoms with Crippen LogP contribution in [0.4, 0.5) is 36.3 Å². The van der Waals surface area contributed by atoms with Gasteiger partial charge in [-0.05, 0) is 31.0 Å². The Kier molecular flexibility index (Phi) is 6.33. The van der Waals surface area contributed by atoms with E-state index in [-0.39, 0.29) is 29.3 Å². The molecule has 162 valence electrons. The van der Waals surface area contributed by atoms with E-state index in [9.17, 15) is 18.0 Å². The molecule has 0 bridgehead atoms. The first-order valence-corrected chi connectivity index (χ1v) is 9.79. The molecule has 4 N–H and O–H groups in total. The van der Waals surface area contributed by atoms with Crippen LogP contribution in [0.15, 0.2) is 24.3 Å². The summed E-state index contributed by atoms with van der Waals surface area (Å²) >= 11 is 0. The predicted octanol–water partition coefficient (Wildman–Crippen LogP) is 3.49. The lowest BCUT2D eigenvalue weighted by Crippen LogP contribution is -2.35. The maximum absolute atomic E-state index is 13.1. The standard InChI is InChI=1S/C20H25F3N6O/c1-3-4-15-10-18(29-6-5-16(11-29)25-12(2)30)28-19(26-15)27-17-8-13(20(21,22)23)7-14(24)9-17/h7-10,16H,3-6,11,24H2,1-2H3,(H,25,30)(H,26,27,28). The molecule has 1 fully saturated rings. The maximum atomic E-state index is 13.1. The van der Waals surface area contributed by atoms with Crippen LogP contribution < -0.4 is 21.3 Å². The second kappa shape index (κ2) is 8.76. The van der Waals surface area contributed by atoms with Crippen molar-refractivity contribution >= 4 is 29.0 Å². The summed E-state index contributed by atoms with van der Waals surface area (Å²) in [4.78, 5) is 22.3. The number of aryl methyl sites for hydroxylation is 1. The van der Waals surface area contributed by atoms with Crippen molar-refractivity contribution in [1.82, 2.24) is 15.3 Å². The highest BCUT2D eigenvalue weighted by molar-refractivity contribution is 5.73. The lowest BCUT2D eigenvalue weighted by molar-refractivity contribution is -0.137. The zero-order valence-corrected chi connectivity index (χ0v) is 16.9. The minimum absolute atomic E-state index is 0.00467. The van der Waals surface area contributed by atoms with E-state index in [1.807, 2.05) is 17.9 Å². The Balaban J connectivity index is 1.87. The van der Waals surface area contributed by atoms with Gasteiger partial charge in [-0.1, -0.05) is 13.3 Å². The fourth-order valence-electron chi connectivity index (χ4n) is 3.48. The van der Waals surface area contributed by atoms with E-state index in [4.69, 9.17) is 5.73 Å². The molecule has 1 atom stereocenters. The van der Waals surface area contributed by atoms with E-state index in [2.05, 4.69) is 20.6 Å². The van der Waals surface area contributed by atoms with Crippen LogP contribution in [0.5, 0.6) is 0 Å². The van der Waals surface area contributed by atoms with Gasteiger partial charge in [0.15, 0.2) is 0 Å². The zero-order chi connectivity index (χ0) is 21.9. The Morgan fingerprint density at radius 3 is 2.70 bits per heavy atom. The molecule has 10 heteroatoms. The van der Waals surface area contributed by atoms with Crippen molar-refractivity contribution in [2.75, 3.05) is 29.0 Å². The molecule has 1 aromatic carbocycles. The first-order valence-electron chi connectivity index (χ1n) is 9.79. The van der Waals surface area contributed by atoms with E-state index in [0.29, 0.717) is 25.3 Å². The molecule has 1 amide bonds. The fraction of sp³-hybridized carbons (Fsp3) is 0.450. The van der Waals surface area contributed by atoms with Crippen molar-refractivity contribution in [3.05, 3.63) is 35.5 Å². The van der Waals surface area contributed by atoms with Gasteiger partial charge in [-0.25, -0.2) is 4.98 Å². The highest BCUT2D eigenvalue weighted by Crippen LogP contribution is 2.33. The first kappa shape index (κ1) is 21.7. The van der Waals surface area contributed by atoms with Gasteiger partial charge in [0.1, 0.15) is 5.82 Å². The molecule has 7 nitrogen and oxygen atoms in total. The highest BCUT2D eigenvalue weighted by Gasteiger charge is 2.31. The fourth-order valence-corrected chi connectivity index (χ4v) is 3.48. The molecule has 1 aliphatic rings. The van der Waals surface area contributed by atoms with Gasteiger partial charge in [0.25, 0.3) is 0 Å². The predicted molar refractivity (Wildman–Crippen MR) is 110 cm³/mol. The molecule has 1 aliphatic heterocycles. The second-order valence-electron chi connectivity index (χ2n) is 7.39. The molecule has 0 radical (unpaired) electrons. The number of nitrogens with two attached hydrogens (primary N) is 1. The van der Waals surface area contributed by atoms with E-state index >= 15 is 0 Å². The van der Waals surface area contributed by atoms with Crippen LogP contribution in [0.2, 0.25) is 0 Å². The lowest BCUT2D eigenvalue weighted by Gasteiger charge is -2.20. The molecule has 3 rings (SSSR count). The Morgan fingerprint density at radius 2 is 2.03 bits per heavy atom. The van der Waals surface area contributed by atoms with Crippen molar-refractivity contribution in [1.29, 1.82) is 0 Å². The molecule has 0 aliphatic carbocycles. The second-order valence-corrected chi connectivity index (χ2v) is 7.39. The third-order valence-corrected chi connectivity index (χ3v) is 4.73. The largest absolute Gasteiger partial charge is 0.416 e. The van der Waals surface area contributed by atoms with Crippen molar-refractivity contribution < 1.29 is 18.0 Å². The number of benzene rings is 1. The van der Waals surface area contributed by atoms with Gasteiger partial charge in [0.2, 0.25) is 11.9 Å². The van der Waals surface area contributed by atoms with Gasteiger partial charge in [-0.3, -0.25) is 4.79 Å². The van der Waals surface area contributed by atoms with Crippen LogP contribution in [0.1, 0.15) is 37.9 Å². The van der Waals surface area contributed by atoms with Crippen LogP contribution in [0.25, 0.3) is 0 Å². The number of amides is 1. The Hall–Kier alpha value is -3.04. The van der Waals surface area contributed by atoms with Crippen LogP contribution in [-0.2, 0) is 17.4 Å². The number of carbonyl (C=O) groups is 1. The highest BCUT2D eigenvalue weighted by atomic mass is 19.4. The average molecular weight is 422 g/mol. The number of hydrogen-bond acceptors (Lipinski definition) is 6. The molecule has 1 saturated heterocycles. The summed E-state index contributed by atoms with van der Waals surface area (Å²) in [5.41, 5.74) is 5.75. The third-order valence-electron chi connectivity index (χ3n) is 4.73. The number of nitrogens with zero attached hydrogens (tertiary/aromatic N) is 3. The number of halogens is 3. The normalized spacial score (nSPS) is 16.6. The Labute approximate surface area is 172 Å². The molecule has 0 spiro atoms. The maximum Gasteiger partial charge on any atom is 0.416 e. The number of anilines is 4. The Bertz CT molecular complexity index is 918. The molecule has 0 saturated carbocycles. The van der Waals surface area contributed by atoms with Gasteiger partial charge in [-0.2, -0.15) is 18.2 Å². The van der Waals surface area contributed by atoms with Crippen LogP contribution in [-0.4, -0.2) is 35.0 Å². The Morgan fingerprint density at radius 1 is 1.27 bits per heavy atom. The van der Waals surface area contributed by atoms with E-state index in [1.54, 1.807) is 0 Å². The average Bonchev–Trinajstić information content (AvgIpc) is 3.08. The molecule has 2 aromatic rings. The summed E-state index contributed by atoms with van der Waals surface area (Å²) in [6.07, 6.45) is -2.14. The van der Waals surface area contributed by atoms with Gasteiger partial charge in [-0.15, -0.1) is 0 Å². The minimum Gasteiger partial charge on any atom is -0.399 e. The van der Waals surface area contributed by atoms with Gasteiger partial charge < -0.3 is 21.3 Å². The summed E-state index contributed by atoms with van der Waals surface area (Å²) in [7, 11) is 0. The summed E-state index contributed by atoms with van der Waals surface area (Å²) in [6, 6.07) is 5.19. The molecule has 1 aromatic heterocycles. The zero-order valence-electron chi connectivity index (χ0n) is 16.9. The van der Waals surface area contributed by atoms with Crippen molar-refractivity contribution in [3.63, 3.8) is 0 Å². The number of rotatable bonds is 6. The molecule has 30 heavy (non-hydrogen) atoms.